The number of amides is 1. The number of aryl methyl sites for hydroxylation is 1. The molecule has 1 atom stereocenters. The van der Waals surface area contributed by atoms with Crippen LogP contribution < -0.4 is 5.73 Å². The van der Waals surface area contributed by atoms with E-state index < -0.39 is 5.54 Å². The molecular formula is C24H23N3O. The third kappa shape index (κ3) is 2.78. The molecule has 0 saturated heterocycles. The van der Waals surface area contributed by atoms with Crippen molar-refractivity contribution in [1.29, 1.82) is 0 Å². The number of hydrogen-bond acceptors (Lipinski definition) is 3. The van der Waals surface area contributed by atoms with E-state index in [1.807, 2.05) is 48.5 Å². The predicted octanol–water partition coefficient (Wildman–Crippen LogP) is 3.95. The third-order valence-electron chi connectivity index (χ3n) is 5.41. The summed E-state index contributed by atoms with van der Waals surface area (Å²) in [5.74, 6) is 0.0845. The second-order valence-electron chi connectivity index (χ2n) is 7.04. The molecule has 3 aromatic carbocycles. The fourth-order valence-electron chi connectivity index (χ4n) is 3.72. The van der Waals surface area contributed by atoms with Crippen LogP contribution in [0.2, 0.25) is 0 Å². The SMILES string of the molecule is CCc1ccc(-c2cccc(C3(c4ccccc4)N=C(N)N(C)C3=O)c2)cc1. The number of benzene rings is 3. The number of carbonyl (C=O) groups is 1. The van der Waals surface area contributed by atoms with E-state index in [4.69, 9.17) is 5.73 Å². The van der Waals surface area contributed by atoms with E-state index in [2.05, 4.69) is 42.2 Å². The van der Waals surface area contributed by atoms with Gasteiger partial charge in [0.25, 0.3) is 5.91 Å². The van der Waals surface area contributed by atoms with E-state index in [-0.39, 0.29) is 11.9 Å². The zero-order chi connectivity index (χ0) is 19.7. The first-order chi connectivity index (χ1) is 13.6. The molecule has 4 heteroatoms. The molecule has 4 nitrogen and oxygen atoms in total. The number of guanidine groups is 1. The molecule has 0 saturated carbocycles. The minimum Gasteiger partial charge on any atom is -0.369 e. The van der Waals surface area contributed by atoms with Crippen LogP contribution in [0.25, 0.3) is 11.1 Å². The zero-order valence-electron chi connectivity index (χ0n) is 16.1. The fourth-order valence-corrected chi connectivity index (χ4v) is 3.72. The van der Waals surface area contributed by atoms with Crippen molar-refractivity contribution in [3.05, 3.63) is 95.6 Å². The highest BCUT2D eigenvalue weighted by atomic mass is 16.2. The molecule has 1 unspecified atom stereocenters. The Morgan fingerprint density at radius 1 is 0.893 bits per heavy atom. The summed E-state index contributed by atoms with van der Waals surface area (Å²) in [5.41, 5.74) is 9.98. The lowest BCUT2D eigenvalue weighted by Crippen LogP contribution is -2.41. The Bertz CT molecular complexity index is 1040. The van der Waals surface area contributed by atoms with Crippen LogP contribution in [0, 0.1) is 0 Å². The molecule has 4 rings (SSSR count). The number of rotatable bonds is 4. The van der Waals surface area contributed by atoms with Crippen molar-refractivity contribution in [2.45, 2.75) is 18.9 Å². The van der Waals surface area contributed by atoms with Crippen LogP contribution in [0.5, 0.6) is 0 Å². The van der Waals surface area contributed by atoms with Gasteiger partial charge in [0, 0.05) is 7.05 Å². The molecule has 140 valence electrons. The largest absolute Gasteiger partial charge is 0.369 e. The second-order valence-corrected chi connectivity index (χ2v) is 7.04. The maximum atomic E-state index is 13.3. The Morgan fingerprint density at radius 2 is 1.57 bits per heavy atom. The molecule has 1 aliphatic heterocycles. The van der Waals surface area contributed by atoms with Gasteiger partial charge >= 0.3 is 0 Å². The summed E-state index contributed by atoms with van der Waals surface area (Å²) in [4.78, 5) is 19.4. The van der Waals surface area contributed by atoms with Crippen molar-refractivity contribution in [2.75, 3.05) is 7.05 Å². The number of carbonyl (C=O) groups excluding carboxylic acids is 1. The number of nitrogens with two attached hydrogens (primary N) is 1. The van der Waals surface area contributed by atoms with Gasteiger partial charge in [-0.25, -0.2) is 4.99 Å². The van der Waals surface area contributed by atoms with Gasteiger partial charge in [-0.3, -0.25) is 9.69 Å². The summed E-state index contributed by atoms with van der Waals surface area (Å²) in [6.45, 7) is 2.14. The van der Waals surface area contributed by atoms with Crippen LogP contribution >= 0.6 is 0 Å². The van der Waals surface area contributed by atoms with Gasteiger partial charge in [0.15, 0.2) is 11.5 Å². The van der Waals surface area contributed by atoms with Crippen molar-refractivity contribution >= 4 is 11.9 Å². The summed E-state index contributed by atoms with van der Waals surface area (Å²) in [7, 11) is 1.67. The van der Waals surface area contributed by atoms with Gasteiger partial charge < -0.3 is 5.73 Å². The van der Waals surface area contributed by atoms with E-state index >= 15 is 0 Å². The first-order valence-electron chi connectivity index (χ1n) is 9.45. The van der Waals surface area contributed by atoms with Crippen molar-refractivity contribution < 1.29 is 4.79 Å². The molecule has 1 amide bonds. The number of aliphatic imine (C=N–C) groups is 1. The molecule has 28 heavy (non-hydrogen) atoms. The molecule has 0 fully saturated rings. The number of nitrogens with zero attached hydrogens (tertiary/aromatic N) is 2. The quantitative estimate of drug-likeness (QED) is 0.757. The molecule has 0 spiro atoms. The van der Waals surface area contributed by atoms with Crippen LogP contribution in [-0.2, 0) is 16.8 Å². The van der Waals surface area contributed by atoms with Crippen molar-refractivity contribution in [2.24, 2.45) is 10.7 Å². The Morgan fingerprint density at radius 3 is 2.18 bits per heavy atom. The fraction of sp³-hybridized carbons (Fsp3) is 0.167. The maximum absolute atomic E-state index is 13.3. The van der Waals surface area contributed by atoms with Gasteiger partial charge in [-0.05, 0) is 40.3 Å². The first kappa shape index (κ1) is 18.0. The molecule has 1 heterocycles. The van der Waals surface area contributed by atoms with E-state index in [0.29, 0.717) is 0 Å². The summed E-state index contributed by atoms with van der Waals surface area (Å²) < 4.78 is 0. The minimum absolute atomic E-state index is 0.144. The minimum atomic E-state index is -1.15. The van der Waals surface area contributed by atoms with Gasteiger partial charge in [-0.1, -0.05) is 79.7 Å². The number of hydrogen-bond donors (Lipinski definition) is 1. The topological polar surface area (TPSA) is 58.7 Å². The highest BCUT2D eigenvalue weighted by molar-refractivity contribution is 6.09. The van der Waals surface area contributed by atoms with Crippen LogP contribution in [0.1, 0.15) is 23.6 Å². The van der Waals surface area contributed by atoms with E-state index in [9.17, 15) is 4.79 Å². The normalized spacial score (nSPS) is 19.0. The molecule has 0 aliphatic carbocycles. The summed E-state index contributed by atoms with van der Waals surface area (Å²) in [6, 6.07) is 26.2. The summed E-state index contributed by atoms with van der Waals surface area (Å²) in [6.07, 6.45) is 1.01. The van der Waals surface area contributed by atoms with Crippen LogP contribution in [-0.4, -0.2) is 23.8 Å². The van der Waals surface area contributed by atoms with E-state index in [1.165, 1.54) is 10.5 Å². The summed E-state index contributed by atoms with van der Waals surface area (Å²) >= 11 is 0. The van der Waals surface area contributed by atoms with Crippen LogP contribution in [0.15, 0.2) is 83.9 Å². The average Bonchev–Trinajstić information content (AvgIpc) is 2.99. The molecule has 1 aliphatic rings. The zero-order valence-corrected chi connectivity index (χ0v) is 16.1. The Labute approximate surface area is 165 Å². The average molecular weight is 369 g/mol. The number of likely N-dealkylation sites (N-methyl/N-ethyl adjacent to an activating group) is 1. The second kappa shape index (κ2) is 6.97. The van der Waals surface area contributed by atoms with Gasteiger partial charge in [0.2, 0.25) is 0 Å². The molecule has 2 N–H and O–H groups in total. The smallest absolute Gasteiger partial charge is 0.266 e. The maximum Gasteiger partial charge on any atom is 0.266 e. The van der Waals surface area contributed by atoms with Crippen molar-refractivity contribution in [1.82, 2.24) is 4.90 Å². The van der Waals surface area contributed by atoms with Crippen LogP contribution in [0.4, 0.5) is 0 Å². The Hall–Kier alpha value is -3.40. The highest BCUT2D eigenvalue weighted by Crippen LogP contribution is 2.40. The Kier molecular flexibility index (Phi) is 4.47. The lowest BCUT2D eigenvalue weighted by Gasteiger charge is -2.26. The predicted molar refractivity (Wildman–Crippen MR) is 113 cm³/mol. The van der Waals surface area contributed by atoms with E-state index in [1.54, 1.807) is 7.05 Å². The molecule has 3 aromatic rings. The molecular weight excluding hydrogens is 346 g/mol. The van der Waals surface area contributed by atoms with Gasteiger partial charge in [0.1, 0.15) is 0 Å². The summed E-state index contributed by atoms with van der Waals surface area (Å²) in [5, 5.41) is 0. The monoisotopic (exact) mass is 369 g/mol. The van der Waals surface area contributed by atoms with Gasteiger partial charge in [0.05, 0.1) is 0 Å². The van der Waals surface area contributed by atoms with Gasteiger partial charge in [-0.15, -0.1) is 0 Å². The van der Waals surface area contributed by atoms with Crippen molar-refractivity contribution in [3.8, 4) is 11.1 Å². The third-order valence-corrected chi connectivity index (χ3v) is 5.41. The molecule has 0 radical (unpaired) electrons. The van der Waals surface area contributed by atoms with Crippen molar-refractivity contribution in [3.63, 3.8) is 0 Å². The lowest BCUT2D eigenvalue weighted by molar-refractivity contribution is -0.129. The van der Waals surface area contributed by atoms with Gasteiger partial charge in [-0.2, -0.15) is 0 Å². The standard InChI is InChI=1S/C24H23N3O/c1-3-17-12-14-18(15-13-17)19-8-7-11-21(16-19)24(20-9-5-4-6-10-20)22(28)27(2)23(25)26-24/h4-16H,3H2,1-2H3,(H2,25,26). The Balaban J connectivity index is 1.88. The lowest BCUT2D eigenvalue weighted by atomic mass is 9.81. The highest BCUT2D eigenvalue weighted by Gasteiger charge is 2.49. The first-order valence-corrected chi connectivity index (χ1v) is 9.45. The van der Waals surface area contributed by atoms with E-state index in [0.717, 1.165) is 28.7 Å². The van der Waals surface area contributed by atoms with Crippen LogP contribution in [0.3, 0.4) is 0 Å². The molecule has 0 aromatic heterocycles. The molecule has 0 bridgehead atoms.